The molecule has 4 rings (SSSR count). The van der Waals surface area contributed by atoms with Crippen molar-refractivity contribution in [2.24, 2.45) is 5.92 Å². The van der Waals surface area contributed by atoms with Crippen molar-refractivity contribution < 1.29 is 14.7 Å². The number of piperidine rings is 1. The molecule has 0 spiro atoms. The largest absolute Gasteiger partial charge is 0.493 e. The maximum atomic E-state index is 12.7. The fraction of sp³-hybridized carbons (Fsp3) is 0.333. The van der Waals surface area contributed by atoms with E-state index in [-0.39, 0.29) is 17.7 Å². The van der Waals surface area contributed by atoms with Gasteiger partial charge in [-0.1, -0.05) is 30.3 Å². The molecule has 0 aliphatic carbocycles. The highest BCUT2D eigenvalue weighted by molar-refractivity contribution is 6.00. The van der Waals surface area contributed by atoms with Crippen LogP contribution in [-0.2, 0) is 4.79 Å². The maximum absolute atomic E-state index is 12.7. The fourth-order valence-electron chi connectivity index (χ4n) is 3.65. The molecule has 0 atom stereocenters. The Morgan fingerprint density at radius 2 is 1.93 bits per heavy atom. The average Bonchev–Trinajstić information content (AvgIpc) is 3.17. The van der Waals surface area contributed by atoms with Crippen molar-refractivity contribution in [2.45, 2.75) is 19.8 Å². The maximum Gasteiger partial charge on any atom is 0.256 e. The molecule has 3 aromatic rings. The van der Waals surface area contributed by atoms with E-state index in [1.165, 1.54) is 16.8 Å². The molecule has 2 N–H and O–H groups in total. The lowest BCUT2D eigenvalue weighted by Gasteiger charge is -2.31. The molecule has 8 nitrogen and oxygen atoms in total. The summed E-state index contributed by atoms with van der Waals surface area (Å²) < 4.78 is 1.26. The third-order valence-corrected chi connectivity index (χ3v) is 5.38. The molecule has 1 saturated heterocycles. The summed E-state index contributed by atoms with van der Waals surface area (Å²) in [7, 11) is 0. The molecule has 0 saturated carbocycles. The second kappa shape index (κ2) is 7.90. The van der Waals surface area contributed by atoms with Crippen molar-refractivity contribution in [3.63, 3.8) is 0 Å². The number of nitrogens with one attached hydrogen (secondary N) is 1. The molecule has 1 fully saturated rings. The van der Waals surface area contributed by atoms with E-state index in [1.807, 2.05) is 35.2 Å². The van der Waals surface area contributed by atoms with Crippen LogP contribution in [0.25, 0.3) is 16.9 Å². The zero-order chi connectivity index (χ0) is 20.4. The molecule has 0 bridgehead atoms. The van der Waals surface area contributed by atoms with Crippen LogP contribution in [-0.4, -0.2) is 56.1 Å². The van der Waals surface area contributed by atoms with Crippen LogP contribution in [0.5, 0.6) is 5.88 Å². The van der Waals surface area contributed by atoms with Crippen LogP contribution in [0, 0.1) is 5.92 Å². The summed E-state index contributed by atoms with van der Waals surface area (Å²) in [5, 5.41) is 17.4. The first-order valence-electron chi connectivity index (χ1n) is 9.70. The SMILES string of the molecule is CC(=O)N1CCC(CNC(=O)c2cnn3c(O)cc(-c4ccccc4)nc23)CC1. The Labute approximate surface area is 168 Å². The molecule has 2 aromatic heterocycles. The van der Waals surface area contributed by atoms with Crippen LogP contribution in [0.4, 0.5) is 0 Å². The first-order chi connectivity index (χ1) is 14.0. The van der Waals surface area contributed by atoms with Gasteiger partial charge in [0, 0.05) is 38.2 Å². The van der Waals surface area contributed by atoms with E-state index >= 15 is 0 Å². The monoisotopic (exact) mass is 393 g/mol. The third kappa shape index (κ3) is 3.91. The summed E-state index contributed by atoms with van der Waals surface area (Å²) in [5.41, 5.74) is 2.05. The van der Waals surface area contributed by atoms with Crippen molar-refractivity contribution in [3.8, 4) is 17.1 Å². The number of likely N-dealkylation sites (tertiary alicyclic amines) is 1. The first-order valence-corrected chi connectivity index (χ1v) is 9.70. The number of benzene rings is 1. The summed E-state index contributed by atoms with van der Waals surface area (Å²) in [6, 6.07) is 11.0. The summed E-state index contributed by atoms with van der Waals surface area (Å²) in [6.45, 7) is 3.57. The van der Waals surface area contributed by atoms with Gasteiger partial charge in [-0.15, -0.1) is 0 Å². The van der Waals surface area contributed by atoms with E-state index < -0.39 is 0 Å². The number of aromatic nitrogens is 3. The van der Waals surface area contributed by atoms with Crippen molar-refractivity contribution in [1.82, 2.24) is 24.8 Å². The third-order valence-electron chi connectivity index (χ3n) is 5.38. The van der Waals surface area contributed by atoms with E-state index in [2.05, 4.69) is 15.4 Å². The Kier molecular flexibility index (Phi) is 5.16. The highest BCUT2D eigenvalue weighted by Gasteiger charge is 2.22. The van der Waals surface area contributed by atoms with Gasteiger partial charge in [-0.3, -0.25) is 9.59 Å². The van der Waals surface area contributed by atoms with E-state index in [4.69, 9.17) is 0 Å². The lowest BCUT2D eigenvalue weighted by molar-refractivity contribution is -0.130. The van der Waals surface area contributed by atoms with Crippen LogP contribution >= 0.6 is 0 Å². The van der Waals surface area contributed by atoms with Gasteiger partial charge in [0.25, 0.3) is 5.91 Å². The second-order valence-corrected chi connectivity index (χ2v) is 7.32. The molecule has 2 amide bonds. The van der Waals surface area contributed by atoms with Gasteiger partial charge in [0.05, 0.1) is 11.9 Å². The number of rotatable bonds is 4. The topological polar surface area (TPSA) is 99.8 Å². The zero-order valence-electron chi connectivity index (χ0n) is 16.2. The number of carbonyl (C=O) groups is 2. The van der Waals surface area contributed by atoms with Gasteiger partial charge in [-0.05, 0) is 18.8 Å². The minimum absolute atomic E-state index is 0.0792. The quantitative estimate of drug-likeness (QED) is 0.707. The van der Waals surface area contributed by atoms with Crippen LogP contribution in [0.1, 0.15) is 30.1 Å². The first kappa shape index (κ1) is 18.9. The molecule has 29 heavy (non-hydrogen) atoms. The number of carbonyl (C=O) groups excluding carboxylic acids is 2. The Morgan fingerprint density at radius 3 is 2.62 bits per heavy atom. The van der Waals surface area contributed by atoms with Gasteiger partial charge < -0.3 is 15.3 Å². The normalized spacial score (nSPS) is 14.9. The Balaban J connectivity index is 1.49. The standard InChI is InChI=1S/C21H23N5O3/c1-14(27)25-9-7-15(8-10-25)12-22-21(29)17-13-23-26-19(28)11-18(24-20(17)26)16-5-3-2-4-6-16/h2-6,11,13,15,28H,7-10,12H2,1H3,(H,22,29). The molecule has 0 unspecified atom stereocenters. The molecule has 8 heteroatoms. The number of fused-ring (bicyclic) bond motifs is 1. The van der Waals surface area contributed by atoms with Gasteiger partial charge in [0.2, 0.25) is 11.8 Å². The van der Waals surface area contributed by atoms with E-state index in [0.29, 0.717) is 29.4 Å². The predicted molar refractivity (Wildman–Crippen MR) is 107 cm³/mol. The number of hydrogen-bond acceptors (Lipinski definition) is 5. The Hall–Kier alpha value is -3.42. The summed E-state index contributed by atoms with van der Waals surface area (Å²) in [4.78, 5) is 30.6. The van der Waals surface area contributed by atoms with E-state index in [1.54, 1.807) is 6.92 Å². The molecule has 1 aromatic carbocycles. The highest BCUT2D eigenvalue weighted by Crippen LogP contribution is 2.24. The number of nitrogens with zero attached hydrogens (tertiary/aromatic N) is 4. The smallest absolute Gasteiger partial charge is 0.256 e. The summed E-state index contributed by atoms with van der Waals surface area (Å²) >= 11 is 0. The Bertz CT molecular complexity index is 1040. The van der Waals surface area contributed by atoms with Crippen molar-refractivity contribution in [3.05, 3.63) is 48.2 Å². The van der Waals surface area contributed by atoms with Crippen molar-refractivity contribution in [1.29, 1.82) is 0 Å². The van der Waals surface area contributed by atoms with Gasteiger partial charge in [-0.25, -0.2) is 4.98 Å². The van der Waals surface area contributed by atoms with E-state index in [0.717, 1.165) is 31.5 Å². The second-order valence-electron chi connectivity index (χ2n) is 7.32. The van der Waals surface area contributed by atoms with Gasteiger partial charge >= 0.3 is 0 Å². The molecule has 1 aliphatic heterocycles. The van der Waals surface area contributed by atoms with Crippen molar-refractivity contribution >= 4 is 17.5 Å². The number of amides is 2. The molecular weight excluding hydrogens is 370 g/mol. The zero-order valence-corrected chi connectivity index (χ0v) is 16.2. The fourth-order valence-corrected chi connectivity index (χ4v) is 3.65. The average molecular weight is 393 g/mol. The minimum Gasteiger partial charge on any atom is -0.493 e. The van der Waals surface area contributed by atoms with Gasteiger partial charge in [0.15, 0.2) is 5.65 Å². The number of aromatic hydroxyl groups is 1. The molecular formula is C21H23N5O3. The van der Waals surface area contributed by atoms with Crippen molar-refractivity contribution in [2.75, 3.05) is 19.6 Å². The lowest BCUT2D eigenvalue weighted by atomic mass is 9.96. The molecule has 150 valence electrons. The van der Waals surface area contributed by atoms with Crippen LogP contribution in [0.15, 0.2) is 42.6 Å². The van der Waals surface area contributed by atoms with Gasteiger partial charge in [0.1, 0.15) is 5.56 Å². The molecule has 1 aliphatic rings. The highest BCUT2D eigenvalue weighted by atomic mass is 16.3. The molecule has 3 heterocycles. The number of hydrogen-bond donors (Lipinski definition) is 2. The lowest BCUT2D eigenvalue weighted by Crippen LogP contribution is -2.40. The summed E-state index contributed by atoms with van der Waals surface area (Å²) in [5.74, 6) is 0.0761. The predicted octanol–water partition coefficient (Wildman–Crippen LogP) is 2.09. The summed E-state index contributed by atoms with van der Waals surface area (Å²) in [6.07, 6.45) is 3.15. The molecule has 0 radical (unpaired) electrons. The minimum atomic E-state index is -0.272. The van der Waals surface area contributed by atoms with Crippen LogP contribution in [0.2, 0.25) is 0 Å². The van der Waals surface area contributed by atoms with Gasteiger partial charge in [-0.2, -0.15) is 9.61 Å². The Morgan fingerprint density at radius 1 is 1.21 bits per heavy atom. The van der Waals surface area contributed by atoms with Crippen LogP contribution in [0.3, 0.4) is 0 Å². The van der Waals surface area contributed by atoms with E-state index in [9.17, 15) is 14.7 Å². The van der Waals surface area contributed by atoms with Crippen LogP contribution < -0.4 is 5.32 Å².